The minimum absolute atomic E-state index is 0.280. The molecule has 1 aromatic rings. The molecular formula is C18H27N3O5. The van der Waals surface area contributed by atoms with E-state index in [1.807, 2.05) is 12.1 Å². The van der Waals surface area contributed by atoms with Crippen molar-refractivity contribution in [3.63, 3.8) is 0 Å². The van der Waals surface area contributed by atoms with E-state index in [0.29, 0.717) is 12.3 Å². The fourth-order valence-electron chi connectivity index (χ4n) is 1.93. The molecular weight excluding hydrogens is 338 g/mol. The van der Waals surface area contributed by atoms with Gasteiger partial charge in [-0.05, 0) is 45.4 Å². The van der Waals surface area contributed by atoms with Crippen molar-refractivity contribution in [2.24, 2.45) is 0 Å². The molecule has 0 heterocycles. The van der Waals surface area contributed by atoms with E-state index in [-0.39, 0.29) is 12.5 Å². The number of carbonyl (C=O) groups excluding carboxylic acids is 3. The Balaban J connectivity index is 2.41. The van der Waals surface area contributed by atoms with Crippen LogP contribution in [0.2, 0.25) is 0 Å². The van der Waals surface area contributed by atoms with Crippen molar-refractivity contribution < 1.29 is 23.9 Å². The summed E-state index contributed by atoms with van der Waals surface area (Å²) < 4.78 is 10.1. The number of ether oxygens (including phenoxy) is 2. The number of hydrogen-bond donors (Lipinski definition) is 3. The molecule has 3 amide bonds. The fourth-order valence-corrected chi connectivity index (χ4v) is 1.93. The molecule has 0 aliphatic heterocycles. The minimum Gasteiger partial charge on any atom is -0.444 e. The topological polar surface area (TPSA) is 106 Å². The summed E-state index contributed by atoms with van der Waals surface area (Å²) in [5, 5.41) is 7.55. The predicted molar refractivity (Wildman–Crippen MR) is 97.6 cm³/mol. The van der Waals surface area contributed by atoms with E-state index in [1.54, 1.807) is 46.9 Å². The van der Waals surface area contributed by atoms with Gasteiger partial charge in [0.1, 0.15) is 18.2 Å². The van der Waals surface area contributed by atoms with Crippen molar-refractivity contribution in [1.29, 1.82) is 0 Å². The molecule has 0 aliphatic carbocycles. The van der Waals surface area contributed by atoms with Gasteiger partial charge in [0.05, 0.1) is 6.61 Å². The molecule has 1 aromatic carbocycles. The largest absolute Gasteiger partial charge is 0.444 e. The summed E-state index contributed by atoms with van der Waals surface area (Å²) in [6.07, 6.45) is -0.694. The van der Waals surface area contributed by atoms with Crippen LogP contribution in [0.1, 0.15) is 33.3 Å². The molecule has 144 valence electrons. The van der Waals surface area contributed by atoms with E-state index in [0.717, 1.165) is 5.56 Å². The van der Waals surface area contributed by atoms with Crippen LogP contribution in [-0.4, -0.2) is 43.2 Å². The van der Waals surface area contributed by atoms with Crippen LogP contribution in [0.15, 0.2) is 24.3 Å². The molecule has 1 unspecified atom stereocenters. The third kappa shape index (κ3) is 8.48. The van der Waals surface area contributed by atoms with E-state index < -0.39 is 23.6 Å². The molecule has 0 spiro atoms. The summed E-state index contributed by atoms with van der Waals surface area (Å²) in [6, 6.07) is 6.43. The zero-order chi connectivity index (χ0) is 19.7. The van der Waals surface area contributed by atoms with Gasteiger partial charge in [0, 0.05) is 12.8 Å². The third-order valence-electron chi connectivity index (χ3n) is 3.10. The van der Waals surface area contributed by atoms with Gasteiger partial charge in [-0.2, -0.15) is 0 Å². The Bertz CT molecular complexity index is 623. The lowest BCUT2D eigenvalue weighted by molar-refractivity contribution is -0.125. The summed E-state index contributed by atoms with van der Waals surface area (Å²) in [5.74, 6) is -0.857. The van der Waals surface area contributed by atoms with Crippen molar-refractivity contribution in [1.82, 2.24) is 10.6 Å². The Hall–Kier alpha value is -2.61. The second-order valence-corrected chi connectivity index (χ2v) is 6.76. The Labute approximate surface area is 153 Å². The minimum atomic E-state index is -0.762. The highest BCUT2D eigenvalue weighted by atomic mass is 16.6. The maximum atomic E-state index is 12.1. The molecule has 0 saturated heterocycles. The van der Waals surface area contributed by atoms with E-state index in [1.165, 1.54) is 0 Å². The maximum Gasteiger partial charge on any atom is 0.408 e. The highest BCUT2D eigenvalue weighted by molar-refractivity contribution is 5.97. The third-order valence-corrected chi connectivity index (χ3v) is 3.10. The highest BCUT2D eigenvalue weighted by Gasteiger charge is 2.19. The fraction of sp³-hybridized carbons (Fsp3) is 0.500. The summed E-state index contributed by atoms with van der Waals surface area (Å²) in [5.41, 5.74) is 0.954. The Morgan fingerprint density at radius 1 is 1.12 bits per heavy atom. The molecule has 0 fully saturated rings. The zero-order valence-corrected chi connectivity index (χ0v) is 15.8. The average Bonchev–Trinajstić information content (AvgIpc) is 2.53. The van der Waals surface area contributed by atoms with Crippen molar-refractivity contribution in [3.8, 4) is 0 Å². The first-order chi connectivity index (χ1) is 12.1. The molecule has 1 atom stereocenters. The lowest BCUT2D eigenvalue weighted by Crippen LogP contribution is -2.46. The van der Waals surface area contributed by atoms with Gasteiger partial charge in [-0.1, -0.05) is 12.1 Å². The van der Waals surface area contributed by atoms with Crippen LogP contribution in [0.4, 0.5) is 10.5 Å². The molecule has 0 saturated carbocycles. The van der Waals surface area contributed by atoms with Gasteiger partial charge in [-0.25, -0.2) is 4.79 Å². The number of hydrogen-bond acceptors (Lipinski definition) is 5. The van der Waals surface area contributed by atoms with Crippen LogP contribution in [-0.2, 0) is 25.7 Å². The summed E-state index contributed by atoms with van der Waals surface area (Å²) in [4.78, 5) is 35.4. The zero-order valence-electron chi connectivity index (χ0n) is 15.8. The van der Waals surface area contributed by atoms with Crippen LogP contribution in [0.25, 0.3) is 0 Å². The van der Waals surface area contributed by atoms with Crippen LogP contribution >= 0.6 is 0 Å². The quantitative estimate of drug-likeness (QED) is 0.683. The first kappa shape index (κ1) is 21.4. The van der Waals surface area contributed by atoms with Gasteiger partial charge in [0.2, 0.25) is 11.8 Å². The Kier molecular flexibility index (Phi) is 8.05. The molecule has 3 N–H and O–H groups in total. The molecule has 1 rings (SSSR count). The lowest BCUT2D eigenvalue weighted by Gasteiger charge is -2.20. The van der Waals surface area contributed by atoms with Crippen LogP contribution < -0.4 is 16.0 Å². The van der Waals surface area contributed by atoms with Gasteiger partial charge >= 0.3 is 6.09 Å². The number of methoxy groups -OCH3 is 1. The average molecular weight is 365 g/mol. The summed E-state index contributed by atoms with van der Waals surface area (Å²) in [6.45, 7) is 6.94. The molecule has 0 bridgehead atoms. The number of benzene rings is 1. The van der Waals surface area contributed by atoms with E-state index in [9.17, 15) is 14.4 Å². The van der Waals surface area contributed by atoms with Crippen molar-refractivity contribution >= 4 is 23.6 Å². The molecule has 0 aromatic heterocycles. The lowest BCUT2D eigenvalue weighted by atomic mass is 10.2. The van der Waals surface area contributed by atoms with Gasteiger partial charge in [0.25, 0.3) is 0 Å². The second kappa shape index (κ2) is 9.76. The second-order valence-electron chi connectivity index (χ2n) is 6.76. The molecule has 0 aliphatic rings. The molecule has 8 heteroatoms. The summed E-state index contributed by atoms with van der Waals surface area (Å²) >= 11 is 0. The predicted octanol–water partition coefficient (Wildman–Crippen LogP) is 1.80. The van der Waals surface area contributed by atoms with Crippen molar-refractivity contribution in [2.75, 3.05) is 19.0 Å². The standard InChI is InChI=1S/C18H27N3O5/c1-12(20-15(22)10-19-17(24)26-18(2,3)4)16(23)21-14-8-6-13(7-9-14)11-25-5/h6-9,12H,10-11H2,1-5H3,(H,19,24)(H,20,22)(H,21,23). The smallest absolute Gasteiger partial charge is 0.408 e. The number of amides is 3. The number of nitrogens with one attached hydrogen (secondary N) is 3. The Morgan fingerprint density at radius 2 is 1.73 bits per heavy atom. The highest BCUT2D eigenvalue weighted by Crippen LogP contribution is 2.10. The number of anilines is 1. The van der Waals surface area contributed by atoms with Crippen molar-refractivity contribution in [2.45, 2.75) is 45.9 Å². The van der Waals surface area contributed by atoms with E-state index in [4.69, 9.17) is 9.47 Å². The number of alkyl carbamates (subject to hydrolysis) is 1. The monoisotopic (exact) mass is 365 g/mol. The molecule has 26 heavy (non-hydrogen) atoms. The van der Waals surface area contributed by atoms with Gasteiger partial charge in [-0.15, -0.1) is 0 Å². The van der Waals surface area contributed by atoms with E-state index >= 15 is 0 Å². The number of rotatable bonds is 7. The normalized spacial score (nSPS) is 12.0. The van der Waals surface area contributed by atoms with Crippen LogP contribution in [0.5, 0.6) is 0 Å². The van der Waals surface area contributed by atoms with Crippen LogP contribution in [0, 0.1) is 0 Å². The number of carbonyl (C=O) groups is 3. The van der Waals surface area contributed by atoms with Gasteiger partial charge in [-0.3, -0.25) is 9.59 Å². The maximum absolute atomic E-state index is 12.1. The van der Waals surface area contributed by atoms with E-state index in [2.05, 4.69) is 16.0 Å². The van der Waals surface area contributed by atoms with Gasteiger partial charge in [0.15, 0.2) is 0 Å². The van der Waals surface area contributed by atoms with Crippen LogP contribution in [0.3, 0.4) is 0 Å². The molecule has 0 radical (unpaired) electrons. The SMILES string of the molecule is COCc1ccc(NC(=O)C(C)NC(=O)CNC(=O)OC(C)(C)C)cc1. The first-order valence-electron chi connectivity index (χ1n) is 8.25. The Morgan fingerprint density at radius 3 is 2.27 bits per heavy atom. The van der Waals surface area contributed by atoms with Crippen molar-refractivity contribution in [3.05, 3.63) is 29.8 Å². The van der Waals surface area contributed by atoms with Gasteiger partial charge < -0.3 is 25.4 Å². The summed E-state index contributed by atoms with van der Waals surface area (Å²) in [7, 11) is 1.61. The molecule has 8 nitrogen and oxygen atoms in total. The first-order valence-corrected chi connectivity index (χ1v) is 8.25.